The van der Waals surface area contributed by atoms with Gasteiger partial charge in [-0.05, 0) is 56.2 Å². The second-order valence-corrected chi connectivity index (χ2v) is 12.3. The SMILES string of the molecule is COc1cc(S(=O)(=O)N2CCCCC2N2CCOCC2)ccc1NC1=CC(N)(C2CC2)C2=CCN=C2N1. The summed E-state index contributed by atoms with van der Waals surface area (Å²) in [5, 5.41) is 6.72. The Morgan fingerprint density at radius 1 is 1.19 bits per heavy atom. The van der Waals surface area contributed by atoms with Gasteiger partial charge in [-0.3, -0.25) is 9.89 Å². The number of methoxy groups -OCH3 is 1. The Morgan fingerprint density at radius 2 is 2.00 bits per heavy atom. The Balaban J connectivity index is 1.26. The zero-order valence-electron chi connectivity index (χ0n) is 21.3. The van der Waals surface area contributed by atoms with Gasteiger partial charge in [-0.2, -0.15) is 4.31 Å². The van der Waals surface area contributed by atoms with E-state index in [9.17, 15) is 8.42 Å². The highest BCUT2D eigenvalue weighted by Gasteiger charge is 2.48. The molecule has 1 aromatic rings. The minimum absolute atomic E-state index is 0.141. The van der Waals surface area contributed by atoms with Gasteiger partial charge in [0.1, 0.15) is 17.4 Å². The van der Waals surface area contributed by atoms with Gasteiger partial charge in [0.25, 0.3) is 0 Å². The minimum atomic E-state index is -3.71. The number of nitrogens with one attached hydrogen (secondary N) is 2. The summed E-state index contributed by atoms with van der Waals surface area (Å²) in [7, 11) is -2.16. The van der Waals surface area contributed by atoms with Gasteiger partial charge >= 0.3 is 0 Å². The van der Waals surface area contributed by atoms with E-state index in [4.69, 9.17) is 15.2 Å². The van der Waals surface area contributed by atoms with Crippen LogP contribution in [0.5, 0.6) is 5.75 Å². The summed E-state index contributed by atoms with van der Waals surface area (Å²) >= 11 is 0. The highest BCUT2D eigenvalue weighted by Crippen LogP contribution is 2.45. The Labute approximate surface area is 218 Å². The minimum Gasteiger partial charge on any atom is -0.495 e. The van der Waals surface area contributed by atoms with Crippen molar-refractivity contribution in [2.45, 2.75) is 48.7 Å². The molecule has 200 valence electrons. The predicted molar refractivity (Wildman–Crippen MR) is 142 cm³/mol. The standard InChI is InChI=1S/C26H36N6O4S/c1-35-22-16-19(37(33,34)32-11-3-2-4-24(32)31-12-14-36-15-13-31)7-8-21(22)29-23-17-26(27,18-5-6-18)20-9-10-28-25(20)30-23/h7-9,16-18,24,29H,2-6,10-15,27H2,1H3,(H,28,30). The predicted octanol–water partition coefficient (Wildman–Crippen LogP) is 1.83. The number of rotatable bonds is 7. The number of aliphatic imine (C=N–C) groups is 1. The average molecular weight is 529 g/mol. The van der Waals surface area contributed by atoms with Crippen molar-refractivity contribution in [2.75, 3.05) is 51.8 Å². The van der Waals surface area contributed by atoms with Crippen molar-refractivity contribution in [3.05, 3.63) is 41.7 Å². The molecule has 1 aromatic carbocycles. The topological polar surface area (TPSA) is 122 Å². The van der Waals surface area contributed by atoms with Crippen molar-refractivity contribution in [3.8, 4) is 5.75 Å². The lowest BCUT2D eigenvalue weighted by Crippen LogP contribution is -2.55. The monoisotopic (exact) mass is 528 g/mol. The summed E-state index contributed by atoms with van der Waals surface area (Å²) in [6.07, 6.45) is 8.90. The van der Waals surface area contributed by atoms with Crippen molar-refractivity contribution in [2.24, 2.45) is 16.6 Å². The fourth-order valence-corrected chi connectivity index (χ4v) is 7.66. The molecule has 2 unspecified atom stereocenters. The smallest absolute Gasteiger partial charge is 0.244 e. The van der Waals surface area contributed by atoms with Crippen LogP contribution in [-0.2, 0) is 14.8 Å². The van der Waals surface area contributed by atoms with Crippen molar-refractivity contribution in [1.29, 1.82) is 0 Å². The van der Waals surface area contributed by atoms with Gasteiger partial charge in [-0.25, -0.2) is 8.42 Å². The molecule has 4 heterocycles. The number of nitrogens with two attached hydrogens (primary N) is 1. The molecule has 0 amide bonds. The molecular formula is C26H36N6O4S. The highest BCUT2D eigenvalue weighted by atomic mass is 32.2. The number of sulfonamides is 1. The molecule has 1 aliphatic carbocycles. The third-order valence-corrected chi connectivity index (χ3v) is 9.99. The summed E-state index contributed by atoms with van der Waals surface area (Å²) in [6, 6.07) is 5.03. The fourth-order valence-electron chi connectivity index (χ4n) is 5.97. The van der Waals surface area contributed by atoms with E-state index in [2.05, 4.69) is 26.6 Å². The molecule has 37 heavy (non-hydrogen) atoms. The second-order valence-electron chi connectivity index (χ2n) is 10.4. The summed E-state index contributed by atoms with van der Waals surface area (Å²) in [4.78, 5) is 7.04. The van der Waals surface area contributed by atoms with E-state index in [1.54, 1.807) is 29.6 Å². The fraction of sp³-hybridized carbons (Fsp3) is 0.577. The first-order valence-electron chi connectivity index (χ1n) is 13.2. The number of hydrogen-bond acceptors (Lipinski definition) is 9. The van der Waals surface area contributed by atoms with Crippen LogP contribution in [0.3, 0.4) is 0 Å². The maximum atomic E-state index is 13.8. The van der Waals surface area contributed by atoms with Crippen molar-refractivity contribution in [1.82, 2.24) is 14.5 Å². The van der Waals surface area contributed by atoms with E-state index < -0.39 is 15.6 Å². The first kappa shape index (κ1) is 24.9. The average Bonchev–Trinajstić information content (AvgIpc) is 3.68. The summed E-state index contributed by atoms with van der Waals surface area (Å²) in [5.74, 6) is 2.38. The van der Waals surface area contributed by atoms with Crippen LogP contribution >= 0.6 is 0 Å². The number of nitrogens with zero attached hydrogens (tertiary/aromatic N) is 3. The van der Waals surface area contributed by atoms with Crippen LogP contribution in [0.15, 0.2) is 51.6 Å². The maximum absolute atomic E-state index is 13.8. The van der Waals surface area contributed by atoms with Crippen molar-refractivity contribution < 1.29 is 17.9 Å². The summed E-state index contributed by atoms with van der Waals surface area (Å²) in [5.41, 5.74) is 8.04. The van der Waals surface area contributed by atoms with Gasteiger partial charge in [0.2, 0.25) is 10.0 Å². The number of hydrogen-bond donors (Lipinski definition) is 3. The van der Waals surface area contributed by atoms with Gasteiger partial charge < -0.3 is 25.8 Å². The molecule has 2 saturated heterocycles. The molecule has 0 bridgehead atoms. The van der Waals surface area contributed by atoms with E-state index in [1.807, 2.05) is 6.08 Å². The Kier molecular flexibility index (Phi) is 6.52. The number of benzene rings is 1. The van der Waals surface area contributed by atoms with E-state index in [0.717, 1.165) is 62.4 Å². The summed E-state index contributed by atoms with van der Waals surface area (Å²) in [6.45, 7) is 3.91. The number of amidine groups is 1. The van der Waals surface area contributed by atoms with E-state index in [-0.39, 0.29) is 11.1 Å². The number of anilines is 1. The molecule has 3 fully saturated rings. The third kappa shape index (κ3) is 4.57. The molecule has 0 radical (unpaired) electrons. The molecule has 1 saturated carbocycles. The molecule has 5 aliphatic rings. The van der Waals surface area contributed by atoms with Crippen LogP contribution in [0, 0.1) is 5.92 Å². The van der Waals surface area contributed by atoms with Crippen LogP contribution < -0.4 is 21.1 Å². The first-order valence-corrected chi connectivity index (χ1v) is 14.7. The lowest BCUT2D eigenvalue weighted by Gasteiger charge is -2.43. The highest BCUT2D eigenvalue weighted by molar-refractivity contribution is 7.89. The number of morpholine rings is 1. The van der Waals surface area contributed by atoms with Gasteiger partial charge in [-0.1, -0.05) is 6.08 Å². The quantitative estimate of drug-likeness (QED) is 0.490. The lowest BCUT2D eigenvalue weighted by molar-refractivity contribution is -0.0215. The zero-order valence-corrected chi connectivity index (χ0v) is 22.1. The van der Waals surface area contributed by atoms with Crippen LogP contribution in [-0.4, -0.2) is 81.7 Å². The van der Waals surface area contributed by atoms with Gasteiger partial charge in [-0.15, -0.1) is 0 Å². The second kappa shape index (κ2) is 9.70. The van der Waals surface area contributed by atoms with Crippen LogP contribution in [0.1, 0.15) is 32.1 Å². The number of piperidine rings is 1. The molecular weight excluding hydrogens is 492 g/mol. The molecule has 4 aliphatic heterocycles. The Hall–Kier alpha value is -2.44. The molecule has 0 spiro atoms. The number of ether oxygens (including phenoxy) is 2. The van der Waals surface area contributed by atoms with Gasteiger partial charge in [0.15, 0.2) is 0 Å². The molecule has 11 heteroatoms. The molecule has 0 aromatic heterocycles. The zero-order chi connectivity index (χ0) is 25.6. The molecule has 6 rings (SSSR count). The molecule has 4 N–H and O–H groups in total. The third-order valence-electron chi connectivity index (χ3n) is 8.09. The first-order chi connectivity index (χ1) is 17.9. The van der Waals surface area contributed by atoms with Gasteiger partial charge in [0.05, 0.1) is 49.2 Å². The lowest BCUT2D eigenvalue weighted by atomic mass is 9.82. The normalized spacial score (nSPS) is 29.0. The molecule has 2 atom stereocenters. The van der Waals surface area contributed by atoms with E-state index in [1.165, 1.54) is 0 Å². The number of fused-ring (bicyclic) bond motifs is 1. The van der Waals surface area contributed by atoms with Crippen molar-refractivity contribution in [3.63, 3.8) is 0 Å². The van der Waals surface area contributed by atoms with E-state index >= 15 is 0 Å². The van der Waals surface area contributed by atoms with Crippen molar-refractivity contribution >= 4 is 21.5 Å². The van der Waals surface area contributed by atoms with Crippen LogP contribution in [0.25, 0.3) is 0 Å². The van der Waals surface area contributed by atoms with Crippen LogP contribution in [0.2, 0.25) is 0 Å². The molecule has 10 nitrogen and oxygen atoms in total. The van der Waals surface area contributed by atoms with Crippen LogP contribution in [0.4, 0.5) is 5.69 Å². The van der Waals surface area contributed by atoms with Gasteiger partial charge in [0, 0.05) is 31.3 Å². The Bertz CT molecular complexity index is 1250. The Morgan fingerprint density at radius 3 is 2.76 bits per heavy atom. The van der Waals surface area contributed by atoms with E-state index in [0.29, 0.717) is 43.7 Å². The summed E-state index contributed by atoms with van der Waals surface area (Å²) < 4.78 is 40.5. The maximum Gasteiger partial charge on any atom is 0.244 e. The largest absolute Gasteiger partial charge is 0.495 e.